The summed E-state index contributed by atoms with van der Waals surface area (Å²) in [6, 6.07) is 28.9. The number of methoxy groups -OCH3 is 3. The molecule has 7 heteroatoms. The third kappa shape index (κ3) is 6.33. The number of allylic oxidation sites excluding steroid dienone is 1. The Kier molecular flexibility index (Phi) is 9.13. The highest BCUT2D eigenvalue weighted by molar-refractivity contribution is 6.10. The largest absolute Gasteiger partial charge is 0.493 e. The molecule has 1 aliphatic heterocycles. The Morgan fingerprint density at radius 3 is 2.08 bits per heavy atom. The molecule has 4 aromatic carbocycles. The van der Waals surface area contributed by atoms with Crippen molar-refractivity contribution in [2.24, 2.45) is 0 Å². The van der Waals surface area contributed by atoms with Gasteiger partial charge < -0.3 is 19.5 Å². The van der Waals surface area contributed by atoms with E-state index in [0.717, 1.165) is 22.5 Å². The smallest absolute Gasteiger partial charge is 0.251 e. The fraction of sp³-hybridized carbons (Fsp3) is 0.268. The van der Waals surface area contributed by atoms with Crippen molar-refractivity contribution in [1.82, 2.24) is 0 Å². The molecule has 1 N–H and O–H groups in total. The molecule has 0 radical (unpaired) electrons. The van der Waals surface area contributed by atoms with E-state index in [9.17, 15) is 9.59 Å². The number of anilines is 2. The molecule has 0 saturated heterocycles. The van der Waals surface area contributed by atoms with Crippen LogP contribution in [-0.4, -0.2) is 33.0 Å². The number of para-hydroxylation sites is 2. The van der Waals surface area contributed by atoms with Crippen LogP contribution in [0.15, 0.2) is 108 Å². The van der Waals surface area contributed by atoms with Crippen LogP contribution in [-0.2, 0) is 15.0 Å². The molecule has 0 spiro atoms. The van der Waals surface area contributed by atoms with E-state index in [2.05, 4.69) is 50.4 Å². The second kappa shape index (κ2) is 13.4. The van der Waals surface area contributed by atoms with Gasteiger partial charge in [0.15, 0.2) is 17.3 Å². The molecule has 246 valence electrons. The minimum Gasteiger partial charge on any atom is -0.493 e. The zero-order valence-electron chi connectivity index (χ0n) is 28.4. The summed E-state index contributed by atoms with van der Waals surface area (Å²) < 4.78 is 17.1. The van der Waals surface area contributed by atoms with Crippen LogP contribution in [0.2, 0.25) is 0 Å². The van der Waals surface area contributed by atoms with Crippen molar-refractivity contribution in [3.63, 3.8) is 0 Å². The van der Waals surface area contributed by atoms with Crippen molar-refractivity contribution in [3.05, 3.63) is 131 Å². The van der Waals surface area contributed by atoms with E-state index in [1.807, 2.05) is 66.7 Å². The van der Waals surface area contributed by atoms with Gasteiger partial charge in [0.05, 0.1) is 38.7 Å². The summed E-state index contributed by atoms with van der Waals surface area (Å²) in [7, 11) is 4.67. The number of amides is 1. The van der Waals surface area contributed by atoms with Crippen LogP contribution >= 0.6 is 0 Å². The van der Waals surface area contributed by atoms with Gasteiger partial charge in [-0.3, -0.25) is 14.5 Å². The van der Waals surface area contributed by atoms with Crippen LogP contribution < -0.4 is 24.4 Å². The summed E-state index contributed by atoms with van der Waals surface area (Å²) in [5.74, 6) is 0.989. The maximum absolute atomic E-state index is 14.6. The summed E-state index contributed by atoms with van der Waals surface area (Å²) in [6.45, 7) is 6.59. The molecule has 0 aromatic heterocycles. The van der Waals surface area contributed by atoms with Crippen molar-refractivity contribution in [3.8, 4) is 17.2 Å². The van der Waals surface area contributed by atoms with Crippen LogP contribution in [0.4, 0.5) is 11.4 Å². The number of carbonyl (C=O) groups excluding carboxylic acids is 2. The Morgan fingerprint density at radius 1 is 0.812 bits per heavy atom. The maximum atomic E-state index is 14.6. The molecule has 6 rings (SSSR count). The molecular weight excluding hydrogens is 600 g/mol. The molecule has 2 aliphatic rings. The summed E-state index contributed by atoms with van der Waals surface area (Å²) >= 11 is 0. The average Bonchev–Trinajstić information content (AvgIpc) is 3.25. The normalized spacial score (nSPS) is 17.7. The molecule has 7 nitrogen and oxygen atoms in total. The Hall–Kier alpha value is -5.30. The number of benzene rings is 4. The topological polar surface area (TPSA) is 77.1 Å². The molecule has 2 atom stereocenters. The van der Waals surface area contributed by atoms with E-state index in [4.69, 9.17) is 14.2 Å². The number of hydrogen-bond donors (Lipinski definition) is 1. The second-order valence-corrected chi connectivity index (χ2v) is 13.2. The molecule has 0 bridgehead atoms. The lowest BCUT2D eigenvalue weighted by atomic mass is 9.77. The van der Waals surface area contributed by atoms with E-state index >= 15 is 0 Å². The summed E-state index contributed by atoms with van der Waals surface area (Å²) in [5.41, 5.74) is 6.70. The highest BCUT2D eigenvalue weighted by Gasteiger charge is 2.42. The first-order valence-electron chi connectivity index (χ1n) is 16.2. The third-order valence-electron chi connectivity index (χ3n) is 9.19. The first-order chi connectivity index (χ1) is 23.1. The fourth-order valence-corrected chi connectivity index (χ4v) is 6.71. The monoisotopic (exact) mass is 642 g/mol. The van der Waals surface area contributed by atoms with Crippen LogP contribution in [0, 0.1) is 0 Å². The number of carbonyl (C=O) groups is 2. The van der Waals surface area contributed by atoms with Gasteiger partial charge in [0.25, 0.3) is 5.91 Å². The number of ketones is 1. The van der Waals surface area contributed by atoms with Gasteiger partial charge in [-0.2, -0.15) is 0 Å². The standard InChI is InChI=1S/C41H42N2O5/c1-41(2,3)30-19-17-27(18-20-30)28-22-32-38(34(44)23-28)39(29-24-35(46-4)40(48-6)36(25-29)47-5)43(33-15-11-10-14-31(33)42-32)37(45)21-16-26-12-8-7-9-13-26/h7-21,24-25,28,39,42H,22-23H2,1-6H3/b21-16+/t28-,39-/m0/s1. The molecule has 1 amide bonds. The van der Waals surface area contributed by atoms with Gasteiger partial charge in [-0.05, 0) is 70.3 Å². The minimum absolute atomic E-state index is 0.0225. The molecule has 0 unspecified atom stereocenters. The Bertz CT molecular complexity index is 1860. The number of fused-ring (bicyclic) bond motifs is 1. The fourth-order valence-electron chi connectivity index (χ4n) is 6.71. The molecule has 4 aromatic rings. The zero-order valence-corrected chi connectivity index (χ0v) is 28.4. The van der Waals surface area contributed by atoms with Crippen LogP contribution in [0.25, 0.3) is 6.08 Å². The lowest BCUT2D eigenvalue weighted by Gasteiger charge is -2.35. The highest BCUT2D eigenvalue weighted by Crippen LogP contribution is 2.50. The summed E-state index contributed by atoms with van der Waals surface area (Å²) in [4.78, 5) is 30.7. The Morgan fingerprint density at radius 2 is 1.46 bits per heavy atom. The predicted octanol–water partition coefficient (Wildman–Crippen LogP) is 8.62. The van der Waals surface area contributed by atoms with E-state index in [1.165, 1.54) is 5.56 Å². The molecule has 48 heavy (non-hydrogen) atoms. The van der Waals surface area contributed by atoms with Crippen LogP contribution in [0.1, 0.15) is 67.8 Å². The average molecular weight is 643 g/mol. The lowest BCUT2D eigenvalue weighted by molar-refractivity contribution is -0.116. The molecule has 1 aliphatic carbocycles. The van der Waals surface area contributed by atoms with Crippen LogP contribution in [0.5, 0.6) is 17.2 Å². The van der Waals surface area contributed by atoms with Gasteiger partial charge >= 0.3 is 0 Å². The SMILES string of the molecule is COc1cc([C@H]2C3=C(C[C@H](c4ccc(C(C)(C)C)cc4)CC3=O)Nc3ccccc3N2C(=O)/C=C/c2ccccc2)cc(OC)c1OC. The van der Waals surface area contributed by atoms with Gasteiger partial charge in [0, 0.05) is 23.8 Å². The Balaban J connectivity index is 1.54. The first kappa shape index (κ1) is 32.6. The lowest BCUT2D eigenvalue weighted by Crippen LogP contribution is -2.37. The zero-order chi connectivity index (χ0) is 34.0. The Labute approximate surface area is 282 Å². The van der Waals surface area contributed by atoms with Gasteiger partial charge in [-0.25, -0.2) is 0 Å². The van der Waals surface area contributed by atoms with E-state index < -0.39 is 6.04 Å². The van der Waals surface area contributed by atoms with E-state index in [1.54, 1.807) is 38.4 Å². The van der Waals surface area contributed by atoms with Crippen molar-refractivity contribution in [2.45, 2.75) is 51.0 Å². The quantitative estimate of drug-likeness (QED) is 0.204. The number of nitrogens with zero attached hydrogens (tertiary/aromatic N) is 1. The van der Waals surface area contributed by atoms with E-state index in [0.29, 0.717) is 46.9 Å². The highest BCUT2D eigenvalue weighted by atomic mass is 16.5. The van der Waals surface area contributed by atoms with Crippen molar-refractivity contribution in [2.75, 3.05) is 31.5 Å². The minimum atomic E-state index is -0.783. The van der Waals surface area contributed by atoms with Gasteiger partial charge in [-0.1, -0.05) is 87.5 Å². The van der Waals surface area contributed by atoms with Crippen molar-refractivity contribution in [1.29, 1.82) is 0 Å². The summed E-state index contributed by atoms with van der Waals surface area (Å²) in [6.07, 6.45) is 4.28. The molecule has 0 fully saturated rings. The van der Waals surface area contributed by atoms with Crippen molar-refractivity contribution >= 4 is 29.1 Å². The molecule has 1 heterocycles. The number of rotatable bonds is 7. The summed E-state index contributed by atoms with van der Waals surface area (Å²) in [5, 5.41) is 3.62. The molecular formula is C41H42N2O5. The first-order valence-corrected chi connectivity index (χ1v) is 16.2. The van der Waals surface area contributed by atoms with Crippen molar-refractivity contribution < 1.29 is 23.8 Å². The van der Waals surface area contributed by atoms with Gasteiger partial charge in [0.2, 0.25) is 5.75 Å². The predicted molar refractivity (Wildman–Crippen MR) is 191 cm³/mol. The number of nitrogens with one attached hydrogen (secondary N) is 1. The van der Waals surface area contributed by atoms with Gasteiger partial charge in [-0.15, -0.1) is 0 Å². The second-order valence-electron chi connectivity index (χ2n) is 13.2. The van der Waals surface area contributed by atoms with E-state index in [-0.39, 0.29) is 23.0 Å². The van der Waals surface area contributed by atoms with Gasteiger partial charge in [0.1, 0.15) is 0 Å². The number of ether oxygens (including phenoxy) is 3. The number of Topliss-reactive ketones (excluding diaryl/α,β-unsaturated/α-hetero) is 1. The van der Waals surface area contributed by atoms with Crippen LogP contribution in [0.3, 0.4) is 0 Å². The maximum Gasteiger partial charge on any atom is 0.251 e. The molecule has 0 saturated carbocycles. The number of hydrogen-bond acceptors (Lipinski definition) is 6. The third-order valence-corrected chi connectivity index (χ3v) is 9.19.